The summed E-state index contributed by atoms with van der Waals surface area (Å²) in [6.45, 7) is 0.663. The molecular weight excluding hydrogens is 408 g/mol. The highest BCUT2D eigenvalue weighted by Gasteiger charge is 2.23. The SMILES string of the molecule is CN(C)c1nc(N[C@H]2CC[C@@H](NC(=O)NCCc3cccs3)CC2)nc2ccccc12. The average Bonchev–Trinajstić information content (AvgIpc) is 3.28. The molecule has 2 heterocycles. The molecule has 1 saturated carbocycles. The number of anilines is 2. The van der Waals surface area contributed by atoms with Crippen LogP contribution in [0.1, 0.15) is 30.6 Å². The summed E-state index contributed by atoms with van der Waals surface area (Å²) in [5, 5.41) is 12.7. The van der Waals surface area contributed by atoms with Crippen LogP contribution >= 0.6 is 11.3 Å². The van der Waals surface area contributed by atoms with E-state index < -0.39 is 0 Å². The summed E-state index contributed by atoms with van der Waals surface area (Å²) in [5.41, 5.74) is 0.943. The summed E-state index contributed by atoms with van der Waals surface area (Å²) in [6.07, 6.45) is 4.73. The van der Waals surface area contributed by atoms with Crippen LogP contribution in [-0.2, 0) is 6.42 Å². The number of carbonyl (C=O) groups excluding carboxylic acids is 1. The fourth-order valence-electron chi connectivity index (χ4n) is 4.02. The Labute approximate surface area is 187 Å². The molecule has 3 N–H and O–H groups in total. The van der Waals surface area contributed by atoms with Gasteiger partial charge in [0.15, 0.2) is 0 Å². The molecule has 0 unspecified atom stereocenters. The number of aromatic nitrogens is 2. The predicted molar refractivity (Wildman–Crippen MR) is 128 cm³/mol. The van der Waals surface area contributed by atoms with Gasteiger partial charge >= 0.3 is 6.03 Å². The molecule has 8 heteroatoms. The van der Waals surface area contributed by atoms with Crippen molar-refractivity contribution in [2.24, 2.45) is 0 Å². The van der Waals surface area contributed by atoms with Gasteiger partial charge in [-0.1, -0.05) is 18.2 Å². The van der Waals surface area contributed by atoms with Gasteiger partial charge in [0.25, 0.3) is 0 Å². The summed E-state index contributed by atoms with van der Waals surface area (Å²) in [6, 6.07) is 12.7. The predicted octanol–water partition coefficient (Wildman–Crippen LogP) is 4.02. The number of para-hydroxylation sites is 1. The van der Waals surface area contributed by atoms with E-state index >= 15 is 0 Å². The standard InChI is InChI=1S/C23H30N6OS/c1-29(2)21-19-7-3-4-8-20(19)27-22(28-21)25-16-9-11-17(12-10-16)26-23(30)24-14-13-18-6-5-15-31-18/h3-8,15-17H,9-14H2,1-2H3,(H2,24,26,30)(H,25,27,28)/t16-,17+. The molecule has 0 saturated heterocycles. The van der Waals surface area contributed by atoms with Crippen molar-refractivity contribution in [1.29, 1.82) is 0 Å². The van der Waals surface area contributed by atoms with Gasteiger partial charge in [0.2, 0.25) is 5.95 Å². The van der Waals surface area contributed by atoms with Crippen LogP contribution in [0, 0.1) is 0 Å². The molecule has 0 atom stereocenters. The zero-order valence-electron chi connectivity index (χ0n) is 18.1. The van der Waals surface area contributed by atoms with Gasteiger partial charge in [-0.3, -0.25) is 0 Å². The van der Waals surface area contributed by atoms with Crippen LogP contribution in [-0.4, -0.2) is 48.7 Å². The molecule has 2 amide bonds. The second kappa shape index (κ2) is 9.96. The summed E-state index contributed by atoms with van der Waals surface area (Å²) >= 11 is 1.72. The van der Waals surface area contributed by atoms with E-state index in [1.807, 2.05) is 43.3 Å². The van der Waals surface area contributed by atoms with Crippen LogP contribution in [0.25, 0.3) is 10.9 Å². The van der Waals surface area contributed by atoms with Crippen LogP contribution in [0.15, 0.2) is 41.8 Å². The largest absolute Gasteiger partial charge is 0.362 e. The quantitative estimate of drug-likeness (QED) is 0.519. The van der Waals surface area contributed by atoms with Crippen LogP contribution in [0.3, 0.4) is 0 Å². The summed E-state index contributed by atoms with van der Waals surface area (Å²) in [5.74, 6) is 1.59. The zero-order valence-corrected chi connectivity index (χ0v) is 18.9. The summed E-state index contributed by atoms with van der Waals surface area (Å²) in [4.78, 5) is 24.9. The molecule has 0 bridgehead atoms. The number of nitrogens with one attached hydrogen (secondary N) is 3. The lowest BCUT2D eigenvalue weighted by Crippen LogP contribution is -2.45. The normalized spacial score (nSPS) is 18.5. The number of amides is 2. The third-order valence-corrected chi connectivity index (χ3v) is 6.58. The van der Waals surface area contributed by atoms with Gasteiger partial charge in [0.05, 0.1) is 5.52 Å². The molecule has 1 aliphatic rings. The first-order chi connectivity index (χ1) is 15.1. The minimum absolute atomic E-state index is 0.0681. The van der Waals surface area contributed by atoms with Gasteiger partial charge in [-0.2, -0.15) is 4.98 Å². The molecule has 2 aromatic heterocycles. The van der Waals surface area contributed by atoms with Crippen molar-refractivity contribution in [3.05, 3.63) is 46.7 Å². The fraction of sp³-hybridized carbons (Fsp3) is 0.435. The number of nitrogens with zero attached hydrogens (tertiary/aromatic N) is 3. The van der Waals surface area contributed by atoms with Crippen LogP contribution < -0.4 is 20.9 Å². The first kappa shape index (κ1) is 21.4. The van der Waals surface area contributed by atoms with Crippen LogP contribution in [0.5, 0.6) is 0 Å². The van der Waals surface area contributed by atoms with E-state index in [1.165, 1.54) is 4.88 Å². The lowest BCUT2D eigenvalue weighted by molar-refractivity contribution is 0.232. The number of carbonyl (C=O) groups is 1. The molecule has 31 heavy (non-hydrogen) atoms. The minimum atomic E-state index is -0.0681. The number of fused-ring (bicyclic) bond motifs is 1. The maximum Gasteiger partial charge on any atom is 0.315 e. The van der Waals surface area contributed by atoms with E-state index in [-0.39, 0.29) is 12.1 Å². The Bertz CT molecular complexity index is 998. The summed E-state index contributed by atoms with van der Waals surface area (Å²) < 4.78 is 0. The number of hydrogen-bond donors (Lipinski definition) is 3. The van der Waals surface area contributed by atoms with Crippen molar-refractivity contribution in [3.8, 4) is 0 Å². The van der Waals surface area contributed by atoms with E-state index in [0.29, 0.717) is 18.5 Å². The first-order valence-electron chi connectivity index (χ1n) is 10.9. The van der Waals surface area contributed by atoms with Crippen molar-refractivity contribution in [3.63, 3.8) is 0 Å². The van der Waals surface area contributed by atoms with Gasteiger partial charge in [-0.05, 0) is 55.7 Å². The van der Waals surface area contributed by atoms with Crippen molar-refractivity contribution in [2.75, 3.05) is 30.9 Å². The Morgan fingerprint density at radius 3 is 2.58 bits per heavy atom. The zero-order chi connectivity index (χ0) is 21.6. The van der Waals surface area contributed by atoms with Gasteiger partial charge in [0.1, 0.15) is 5.82 Å². The second-order valence-electron chi connectivity index (χ2n) is 8.20. The molecule has 4 rings (SSSR count). The number of urea groups is 1. The lowest BCUT2D eigenvalue weighted by atomic mass is 9.91. The smallest absolute Gasteiger partial charge is 0.315 e. The number of thiophene rings is 1. The average molecular weight is 439 g/mol. The Balaban J connectivity index is 1.26. The highest BCUT2D eigenvalue weighted by Crippen LogP contribution is 2.26. The Morgan fingerprint density at radius 2 is 1.84 bits per heavy atom. The monoisotopic (exact) mass is 438 g/mol. The molecule has 3 aromatic rings. The van der Waals surface area contributed by atoms with E-state index in [4.69, 9.17) is 9.97 Å². The maximum absolute atomic E-state index is 12.2. The number of rotatable bonds is 7. The number of benzene rings is 1. The van der Waals surface area contributed by atoms with Crippen molar-refractivity contribution in [2.45, 2.75) is 44.2 Å². The molecule has 0 radical (unpaired) electrons. The number of hydrogen-bond acceptors (Lipinski definition) is 6. The molecule has 164 valence electrons. The molecule has 7 nitrogen and oxygen atoms in total. The fourth-order valence-corrected chi connectivity index (χ4v) is 4.73. The lowest BCUT2D eigenvalue weighted by Gasteiger charge is -2.30. The molecular formula is C23H30N6OS. The van der Waals surface area contributed by atoms with E-state index in [2.05, 4.69) is 33.5 Å². The highest BCUT2D eigenvalue weighted by molar-refractivity contribution is 7.09. The van der Waals surface area contributed by atoms with Gasteiger partial charge in [-0.25, -0.2) is 9.78 Å². The Kier molecular flexibility index (Phi) is 6.86. The van der Waals surface area contributed by atoms with Crippen LogP contribution in [0.2, 0.25) is 0 Å². The molecule has 1 aromatic carbocycles. The van der Waals surface area contributed by atoms with E-state index in [1.54, 1.807) is 11.3 Å². The van der Waals surface area contributed by atoms with Gasteiger partial charge in [0, 0.05) is 43.0 Å². The van der Waals surface area contributed by atoms with Gasteiger partial charge in [-0.15, -0.1) is 11.3 Å². The third-order valence-electron chi connectivity index (χ3n) is 5.64. The van der Waals surface area contributed by atoms with E-state index in [0.717, 1.165) is 48.8 Å². The maximum atomic E-state index is 12.2. The highest BCUT2D eigenvalue weighted by atomic mass is 32.1. The topological polar surface area (TPSA) is 82.2 Å². The molecule has 1 aliphatic carbocycles. The van der Waals surface area contributed by atoms with Gasteiger partial charge < -0.3 is 20.9 Å². The van der Waals surface area contributed by atoms with E-state index in [9.17, 15) is 4.79 Å². The minimum Gasteiger partial charge on any atom is -0.362 e. The second-order valence-corrected chi connectivity index (χ2v) is 9.24. The third kappa shape index (κ3) is 5.64. The van der Waals surface area contributed by atoms with Crippen LogP contribution in [0.4, 0.5) is 16.6 Å². The molecule has 0 spiro atoms. The van der Waals surface area contributed by atoms with Crippen molar-refractivity contribution < 1.29 is 4.79 Å². The van der Waals surface area contributed by atoms with Crippen molar-refractivity contribution in [1.82, 2.24) is 20.6 Å². The summed E-state index contributed by atoms with van der Waals surface area (Å²) in [7, 11) is 4.00. The molecule has 0 aliphatic heterocycles. The molecule has 1 fully saturated rings. The Hall–Kier alpha value is -2.87. The Morgan fingerprint density at radius 1 is 1.06 bits per heavy atom. The van der Waals surface area contributed by atoms with Crippen molar-refractivity contribution >= 4 is 40.0 Å². The first-order valence-corrected chi connectivity index (χ1v) is 11.7.